The Morgan fingerprint density at radius 3 is 2.42 bits per heavy atom. The Morgan fingerprint density at radius 2 is 1.79 bits per heavy atom. The van der Waals surface area contributed by atoms with Crippen molar-refractivity contribution in [2.75, 3.05) is 20.1 Å². The van der Waals surface area contributed by atoms with Crippen LogP contribution in [-0.4, -0.2) is 48.5 Å². The zero-order valence-electron chi connectivity index (χ0n) is 15.3. The molecule has 0 aliphatic heterocycles. The van der Waals surface area contributed by atoms with Crippen LogP contribution in [-0.2, 0) is 0 Å². The molecule has 24 heavy (non-hydrogen) atoms. The molecule has 2 fully saturated rings. The van der Waals surface area contributed by atoms with Crippen molar-refractivity contribution in [2.24, 2.45) is 16.3 Å². The van der Waals surface area contributed by atoms with Crippen LogP contribution in [0.1, 0.15) is 64.7 Å². The van der Waals surface area contributed by atoms with Crippen molar-refractivity contribution in [2.45, 2.75) is 76.9 Å². The smallest absolute Gasteiger partial charge is 0.191 e. The van der Waals surface area contributed by atoms with E-state index < -0.39 is 0 Å². The second-order valence-electron chi connectivity index (χ2n) is 7.69. The van der Waals surface area contributed by atoms with Crippen LogP contribution in [0.3, 0.4) is 0 Å². The first kappa shape index (κ1) is 22.0. The predicted molar refractivity (Wildman–Crippen MR) is 110 cm³/mol. The molecule has 3 atom stereocenters. The van der Waals surface area contributed by atoms with Gasteiger partial charge >= 0.3 is 0 Å². The molecule has 2 aliphatic carbocycles. The van der Waals surface area contributed by atoms with E-state index in [1.165, 1.54) is 25.7 Å². The SMILES string of the molecule is CN=C(NCC(O)C1CCCCC1)NCC1(C)CCCCC1O.I. The third-order valence-electron chi connectivity index (χ3n) is 5.84. The van der Waals surface area contributed by atoms with Crippen molar-refractivity contribution in [1.82, 2.24) is 10.6 Å². The van der Waals surface area contributed by atoms with Gasteiger partial charge in [-0.2, -0.15) is 0 Å². The van der Waals surface area contributed by atoms with Crippen LogP contribution in [0, 0.1) is 11.3 Å². The topological polar surface area (TPSA) is 76.9 Å². The van der Waals surface area contributed by atoms with E-state index in [4.69, 9.17) is 0 Å². The summed E-state index contributed by atoms with van der Waals surface area (Å²) in [4.78, 5) is 4.25. The van der Waals surface area contributed by atoms with Gasteiger partial charge in [0.2, 0.25) is 0 Å². The van der Waals surface area contributed by atoms with E-state index in [0.717, 1.165) is 38.1 Å². The molecule has 0 aromatic heterocycles. The molecular formula is C18H36IN3O2. The third-order valence-corrected chi connectivity index (χ3v) is 5.84. The van der Waals surface area contributed by atoms with Crippen molar-refractivity contribution < 1.29 is 10.2 Å². The molecule has 0 bridgehead atoms. The highest BCUT2D eigenvalue weighted by atomic mass is 127. The fraction of sp³-hybridized carbons (Fsp3) is 0.944. The lowest BCUT2D eigenvalue weighted by atomic mass is 9.73. The van der Waals surface area contributed by atoms with Crippen LogP contribution < -0.4 is 10.6 Å². The minimum atomic E-state index is -0.301. The van der Waals surface area contributed by atoms with Gasteiger partial charge in [-0.15, -0.1) is 24.0 Å². The van der Waals surface area contributed by atoms with E-state index in [-0.39, 0.29) is 41.6 Å². The summed E-state index contributed by atoms with van der Waals surface area (Å²) in [6.45, 7) is 3.41. The van der Waals surface area contributed by atoms with Gasteiger partial charge in [-0.05, 0) is 31.6 Å². The average Bonchev–Trinajstić information content (AvgIpc) is 2.58. The van der Waals surface area contributed by atoms with Crippen LogP contribution in [0.15, 0.2) is 4.99 Å². The fourth-order valence-electron chi connectivity index (χ4n) is 3.98. The maximum atomic E-state index is 10.3. The van der Waals surface area contributed by atoms with Crippen molar-refractivity contribution in [3.05, 3.63) is 0 Å². The maximum Gasteiger partial charge on any atom is 0.191 e. The van der Waals surface area contributed by atoms with Gasteiger partial charge in [0.1, 0.15) is 0 Å². The number of hydrogen-bond acceptors (Lipinski definition) is 3. The second-order valence-corrected chi connectivity index (χ2v) is 7.69. The molecule has 4 N–H and O–H groups in total. The normalized spacial score (nSPS) is 30.3. The number of aliphatic imine (C=N–C) groups is 1. The summed E-state index contributed by atoms with van der Waals surface area (Å²) in [5.74, 6) is 1.14. The Balaban J connectivity index is 0.00000288. The van der Waals surface area contributed by atoms with Gasteiger partial charge in [-0.1, -0.05) is 39.0 Å². The van der Waals surface area contributed by atoms with Gasteiger partial charge in [0.15, 0.2) is 5.96 Å². The summed E-state index contributed by atoms with van der Waals surface area (Å²) < 4.78 is 0. The zero-order chi connectivity index (χ0) is 16.7. The Kier molecular flexibility index (Phi) is 9.89. The number of halogens is 1. The summed E-state index contributed by atoms with van der Waals surface area (Å²) in [5.41, 5.74) is -0.0855. The molecule has 0 amide bonds. The quantitative estimate of drug-likeness (QED) is 0.293. The van der Waals surface area contributed by atoms with Gasteiger partial charge in [-0.25, -0.2) is 0 Å². The number of nitrogens with zero attached hydrogens (tertiary/aromatic N) is 1. The Bertz CT molecular complexity index is 388. The van der Waals surface area contributed by atoms with Crippen LogP contribution >= 0.6 is 24.0 Å². The van der Waals surface area contributed by atoms with Crippen molar-refractivity contribution in [3.8, 4) is 0 Å². The van der Waals surface area contributed by atoms with E-state index >= 15 is 0 Å². The van der Waals surface area contributed by atoms with Gasteiger partial charge in [0.05, 0.1) is 12.2 Å². The van der Waals surface area contributed by atoms with E-state index in [9.17, 15) is 10.2 Å². The van der Waals surface area contributed by atoms with Crippen LogP contribution in [0.5, 0.6) is 0 Å². The summed E-state index contributed by atoms with van der Waals surface area (Å²) in [6, 6.07) is 0. The summed E-state index contributed by atoms with van der Waals surface area (Å²) in [6.07, 6.45) is 9.76. The Morgan fingerprint density at radius 1 is 1.12 bits per heavy atom. The van der Waals surface area contributed by atoms with Gasteiger partial charge < -0.3 is 20.8 Å². The second kappa shape index (κ2) is 10.8. The molecule has 142 valence electrons. The van der Waals surface area contributed by atoms with Gasteiger partial charge in [0, 0.05) is 25.6 Å². The monoisotopic (exact) mass is 453 g/mol. The van der Waals surface area contributed by atoms with Crippen LogP contribution in [0.4, 0.5) is 0 Å². The molecule has 6 heteroatoms. The number of guanidine groups is 1. The molecule has 0 heterocycles. The molecule has 2 aliphatic rings. The van der Waals surface area contributed by atoms with Crippen molar-refractivity contribution >= 4 is 29.9 Å². The number of hydrogen-bond donors (Lipinski definition) is 4. The number of nitrogens with one attached hydrogen (secondary N) is 2. The first-order chi connectivity index (χ1) is 11.0. The first-order valence-corrected chi connectivity index (χ1v) is 9.36. The first-order valence-electron chi connectivity index (χ1n) is 9.36. The lowest BCUT2D eigenvalue weighted by molar-refractivity contribution is 0.00391. The summed E-state index contributed by atoms with van der Waals surface area (Å²) >= 11 is 0. The summed E-state index contributed by atoms with van der Waals surface area (Å²) in [7, 11) is 1.75. The zero-order valence-corrected chi connectivity index (χ0v) is 17.6. The largest absolute Gasteiger partial charge is 0.392 e. The van der Waals surface area contributed by atoms with Crippen molar-refractivity contribution in [1.29, 1.82) is 0 Å². The van der Waals surface area contributed by atoms with Crippen molar-refractivity contribution in [3.63, 3.8) is 0 Å². The highest BCUT2D eigenvalue weighted by molar-refractivity contribution is 14.0. The fourth-order valence-corrected chi connectivity index (χ4v) is 3.98. The summed E-state index contributed by atoms with van der Waals surface area (Å²) in [5, 5.41) is 27.2. The maximum absolute atomic E-state index is 10.3. The molecule has 0 aromatic rings. The number of rotatable bonds is 5. The molecule has 2 saturated carbocycles. The average molecular weight is 453 g/mol. The van der Waals surface area contributed by atoms with E-state index in [1.807, 2.05) is 0 Å². The lowest BCUT2D eigenvalue weighted by Crippen LogP contribution is -2.49. The molecule has 2 rings (SSSR count). The highest BCUT2D eigenvalue weighted by Gasteiger charge is 2.35. The molecule has 0 radical (unpaired) electrons. The molecular weight excluding hydrogens is 417 g/mol. The molecule has 0 spiro atoms. The van der Waals surface area contributed by atoms with Crippen LogP contribution in [0.25, 0.3) is 0 Å². The molecule has 5 nitrogen and oxygen atoms in total. The Hall–Kier alpha value is -0.0800. The molecule has 3 unspecified atom stereocenters. The highest BCUT2D eigenvalue weighted by Crippen LogP contribution is 2.35. The Labute approximate surface area is 164 Å². The number of aliphatic hydroxyl groups is 2. The van der Waals surface area contributed by atoms with Crippen LogP contribution in [0.2, 0.25) is 0 Å². The van der Waals surface area contributed by atoms with Gasteiger partial charge in [0.25, 0.3) is 0 Å². The third kappa shape index (κ3) is 6.33. The number of aliphatic hydroxyl groups excluding tert-OH is 2. The molecule has 0 aromatic carbocycles. The van der Waals surface area contributed by atoms with E-state index in [2.05, 4.69) is 22.5 Å². The lowest BCUT2D eigenvalue weighted by Gasteiger charge is -2.39. The van der Waals surface area contributed by atoms with Gasteiger partial charge in [-0.3, -0.25) is 4.99 Å². The minimum Gasteiger partial charge on any atom is -0.392 e. The van der Waals surface area contributed by atoms with E-state index in [1.54, 1.807) is 7.05 Å². The van der Waals surface area contributed by atoms with E-state index in [0.29, 0.717) is 19.0 Å². The minimum absolute atomic E-state index is 0. The predicted octanol–water partition coefficient (Wildman–Crippen LogP) is 2.65. The molecule has 0 saturated heterocycles. The standard InChI is InChI=1S/C18H35N3O2.HI/c1-18(11-7-6-10-16(18)23)13-21-17(19-2)20-12-15(22)14-8-4-3-5-9-14;/h14-16,22-23H,3-13H2,1-2H3,(H2,19,20,21);1H.